The van der Waals surface area contributed by atoms with Crippen molar-refractivity contribution >= 4 is 34.2 Å². The average molecular weight is 344 g/mol. The molecular formula is C13H17IN2O. The van der Waals surface area contributed by atoms with Gasteiger partial charge in [-0.3, -0.25) is 4.79 Å². The van der Waals surface area contributed by atoms with Crippen LogP contribution in [0, 0.1) is 16.4 Å². The van der Waals surface area contributed by atoms with Crippen molar-refractivity contribution in [2.24, 2.45) is 5.92 Å². The van der Waals surface area contributed by atoms with Crippen molar-refractivity contribution in [3.05, 3.63) is 27.3 Å². The molecule has 3 nitrogen and oxygen atoms in total. The number of amides is 1. The Hall–Kier alpha value is -0.620. The number of benzene rings is 1. The lowest BCUT2D eigenvalue weighted by Gasteiger charge is -2.07. The third-order valence-electron chi connectivity index (χ3n) is 2.87. The van der Waals surface area contributed by atoms with Crippen LogP contribution in [0.3, 0.4) is 0 Å². The van der Waals surface area contributed by atoms with Crippen molar-refractivity contribution in [1.29, 1.82) is 0 Å². The monoisotopic (exact) mass is 344 g/mol. The number of hydrogen-bond acceptors (Lipinski definition) is 2. The van der Waals surface area contributed by atoms with Crippen molar-refractivity contribution < 1.29 is 4.79 Å². The fraction of sp³-hybridized carbons (Fsp3) is 0.462. The molecule has 0 radical (unpaired) electrons. The number of halogens is 1. The molecule has 92 valence electrons. The number of hydrogen-bond donors (Lipinski definition) is 2. The summed E-state index contributed by atoms with van der Waals surface area (Å²) in [7, 11) is 0. The number of anilines is 1. The third-order valence-corrected chi connectivity index (χ3v) is 4.03. The van der Waals surface area contributed by atoms with E-state index in [9.17, 15) is 4.79 Å². The number of aryl methyl sites for hydroxylation is 1. The fourth-order valence-electron chi connectivity index (χ4n) is 1.59. The van der Waals surface area contributed by atoms with Gasteiger partial charge in [-0.05, 0) is 72.5 Å². The minimum atomic E-state index is 0.0327. The van der Waals surface area contributed by atoms with E-state index in [4.69, 9.17) is 0 Å². The van der Waals surface area contributed by atoms with E-state index < -0.39 is 0 Å². The molecule has 4 heteroatoms. The van der Waals surface area contributed by atoms with E-state index in [0.717, 1.165) is 18.2 Å². The third kappa shape index (κ3) is 4.27. The quantitative estimate of drug-likeness (QED) is 0.806. The topological polar surface area (TPSA) is 41.1 Å². The second-order valence-electron chi connectivity index (χ2n) is 4.59. The van der Waals surface area contributed by atoms with E-state index in [2.05, 4.69) is 40.1 Å². The molecule has 0 aromatic heterocycles. The Kier molecular flexibility index (Phi) is 4.39. The smallest absolute Gasteiger partial charge is 0.238 e. The summed E-state index contributed by atoms with van der Waals surface area (Å²) in [5, 5.41) is 6.08. The van der Waals surface area contributed by atoms with Crippen LogP contribution in [0.5, 0.6) is 0 Å². The largest absolute Gasteiger partial charge is 0.325 e. The zero-order chi connectivity index (χ0) is 12.3. The number of nitrogens with one attached hydrogen (secondary N) is 2. The zero-order valence-corrected chi connectivity index (χ0v) is 12.1. The number of carbonyl (C=O) groups excluding carboxylic acids is 1. The predicted octanol–water partition coefficient (Wildman–Crippen LogP) is 2.54. The Morgan fingerprint density at radius 2 is 2.24 bits per heavy atom. The summed E-state index contributed by atoms with van der Waals surface area (Å²) in [6, 6.07) is 5.96. The molecule has 0 spiro atoms. The van der Waals surface area contributed by atoms with Crippen LogP contribution in [0.2, 0.25) is 0 Å². The van der Waals surface area contributed by atoms with Crippen LogP contribution in [0.4, 0.5) is 5.69 Å². The van der Waals surface area contributed by atoms with Gasteiger partial charge in [0.05, 0.1) is 6.54 Å². The molecule has 0 atom stereocenters. The second kappa shape index (κ2) is 5.82. The van der Waals surface area contributed by atoms with E-state index >= 15 is 0 Å². The molecule has 0 saturated heterocycles. The van der Waals surface area contributed by atoms with Crippen LogP contribution in [-0.2, 0) is 4.79 Å². The summed E-state index contributed by atoms with van der Waals surface area (Å²) in [4.78, 5) is 11.6. The van der Waals surface area contributed by atoms with Gasteiger partial charge < -0.3 is 10.6 Å². The lowest BCUT2D eigenvalue weighted by Crippen LogP contribution is -2.29. The normalized spacial score (nSPS) is 14.7. The lowest BCUT2D eigenvalue weighted by atomic mass is 10.2. The highest BCUT2D eigenvalue weighted by Gasteiger charge is 2.20. The Morgan fingerprint density at radius 1 is 1.47 bits per heavy atom. The van der Waals surface area contributed by atoms with Gasteiger partial charge in [0.25, 0.3) is 0 Å². The highest BCUT2D eigenvalue weighted by atomic mass is 127. The van der Waals surface area contributed by atoms with Gasteiger partial charge in [-0.25, -0.2) is 0 Å². The summed E-state index contributed by atoms with van der Waals surface area (Å²) in [5.41, 5.74) is 2.11. The van der Waals surface area contributed by atoms with Crippen molar-refractivity contribution in [2.75, 3.05) is 18.4 Å². The molecule has 1 saturated carbocycles. The van der Waals surface area contributed by atoms with Gasteiger partial charge in [0.1, 0.15) is 0 Å². The standard InChI is InChI=1S/C13H17IN2O/c1-9-2-5-11(6-12(9)14)16-13(17)8-15-7-10-3-4-10/h2,5-6,10,15H,3-4,7-8H2,1H3,(H,16,17). The van der Waals surface area contributed by atoms with Crippen molar-refractivity contribution in [3.63, 3.8) is 0 Å². The molecule has 2 N–H and O–H groups in total. The van der Waals surface area contributed by atoms with Crippen LogP contribution in [0.15, 0.2) is 18.2 Å². The van der Waals surface area contributed by atoms with Crippen LogP contribution >= 0.6 is 22.6 Å². The van der Waals surface area contributed by atoms with E-state index in [1.165, 1.54) is 22.0 Å². The maximum Gasteiger partial charge on any atom is 0.238 e. The fourth-order valence-corrected chi connectivity index (χ4v) is 2.10. The maximum atomic E-state index is 11.6. The predicted molar refractivity (Wildman–Crippen MR) is 78.1 cm³/mol. The molecule has 1 amide bonds. The molecule has 1 aromatic carbocycles. The van der Waals surface area contributed by atoms with E-state index in [0.29, 0.717) is 6.54 Å². The first-order valence-corrected chi connectivity index (χ1v) is 7.00. The molecule has 1 aliphatic rings. The molecule has 0 aliphatic heterocycles. The number of rotatable bonds is 5. The highest BCUT2D eigenvalue weighted by Crippen LogP contribution is 2.27. The van der Waals surface area contributed by atoms with Gasteiger partial charge in [-0.1, -0.05) is 6.07 Å². The van der Waals surface area contributed by atoms with Gasteiger partial charge in [0.2, 0.25) is 5.91 Å². The Bertz CT molecular complexity index is 416. The second-order valence-corrected chi connectivity index (χ2v) is 5.75. The summed E-state index contributed by atoms with van der Waals surface area (Å²) < 4.78 is 1.17. The van der Waals surface area contributed by atoms with Crippen LogP contribution in [0.25, 0.3) is 0 Å². The molecule has 1 aromatic rings. The van der Waals surface area contributed by atoms with Crippen LogP contribution in [-0.4, -0.2) is 19.0 Å². The first-order chi connectivity index (χ1) is 8.15. The molecule has 0 heterocycles. The van der Waals surface area contributed by atoms with E-state index in [1.54, 1.807) is 0 Å². The number of carbonyl (C=O) groups is 1. The lowest BCUT2D eigenvalue weighted by molar-refractivity contribution is -0.115. The molecule has 2 rings (SSSR count). The van der Waals surface area contributed by atoms with Gasteiger partial charge >= 0.3 is 0 Å². The van der Waals surface area contributed by atoms with Crippen molar-refractivity contribution in [3.8, 4) is 0 Å². The molecule has 1 aliphatic carbocycles. The summed E-state index contributed by atoms with van der Waals surface area (Å²) in [6.07, 6.45) is 2.62. The van der Waals surface area contributed by atoms with Crippen LogP contribution in [0.1, 0.15) is 18.4 Å². The maximum absolute atomic E-state index is 11.6. The molecule has 0 unspecified atom stereocenters. The molecule has 1 fully saturated rings. The summed E-state index contributed by atoms with van der Waals surface area (Å²) in [6.45, 7) is 3.43. The first kappa shape index (κ1) is 12.8. The Balaban J connectivity index is 1.77. The molecule has 0 bridgehead atoms. The minimum absolute atomic E-state index is 0.0327. The van der Waals surface area contributed by atoms with Gasteiger partial charge in [-0.15, -0.1) is 0 Å². The van der Waals surface area contributed by atoms with E-state index in [1.807, 2.05) is 18.2 Å². The average Bonchev–Trinajstić information content (AvgIpc) is 3.07. The van der Waals surface area contributed by atoms with E-state index in [-0.39, 0.29) is 5.91 Å². The van der Waals surface area contributed by atoms with Gasteiger partial charge in [0.15, 0.2) is 0 Å². The minimum Gasteiger partial charge on any atom is -0.325 e. The molecular weight excluding hydrogens is 327 g/mol. The summed E-state index contributed by atoms with van der Waals surface area (Å²) in [5.74, 6) is 0.841. The highest BCUT2D eigenvalue weighted by molar-refractivity contribution is 14.1. The Labute approximate surface area is 116 Å². The van der Waals surface area contributed by atoms with Crippen molar-refractivity contribution in [2.45, 2.75) is 19.8 Å². The van der Waals surface area contributed by atoms with Gasteiger partial charge in [-0.2, -0.15) is 0 Å². The molecule has 17 heavy (non-hydrogen) atoms. The SMILES string of the molecule is Cc1ccc(NC(=O)CNCC2CC2)cc1I. The van der Waals surface area contributed by atoms with Gasteiger partial charge in [0, 0.05) is 9.26 Å². The first-order valence-electron chi connectivity index (χ1n) is 5.92. The zero-order valence-electron chi connectivity index (χ0n) is 9.92. The van der Waals surface area contributed by atoms with Crippen molar-refractivity contribution in [1.82, 2.24) is 5.32 Å². The van der Waals surface area contributed by atoms with Crippen LogP contribution < -0.4 is 10.6 Å². The summed E-state index contributed by atoms with van der Waals surface area (Å²) >= 11 is 2.28. The Morgan fingerprint density at radius 3 is 2.88 bits per heavy atom.